The number of benzene rings is 1. The molecule has 0 radical (unpaired) electrons. The molecule has 2 N–H and O–H groups in total. The summed E-state index contributed by atoms with van der Waals surface area (Å²) in [4.78, 5) is 4.13. The Kier molecular flexibility index (Phi) is 3.41. The summed E-state index contributed by atoms with van der Waals surface area (Å²) in [7, 11) is 0. The number of hydrogen-bond donors (Lipinski definition) is 1. The predicted molar refractivity (Wildman–Crippen MR) is 66.4 cm³/mol. The van der Waals surface area contributed by atoms with Crippen molar-refractivity contribution in [1.82, 2.24) is 4.98 Å². The van der Waals surface area contributed by atoms with Gasteiger partial charge in [0.25, 0.3) is 0 Å². The number of nitrogens with zero attached hydrogens (tertiary/aromatic N) is 1. The zero-order valence-electron chi connectivity index (χ0n) is 9.32. The van der Waals surface area contributed by atoms with Crippen molar-refractivity contribution >= 4 is 11.6 Å². The van der Waals surface area contributed by atoms with Crippen LogP contribution in [0.25, 0.3) is 0 Å². The van der Waals surface area contributed by atoms with Gasteiger partial charge in [0.2, 0.25) is 0 Å². The van der Waals surface area contributed by atoms with Gasteiger partial charge in [-0.05, 0) is 36.2 Å². The molecule has 2 rings (SSSR count). The van der Waals surface area contributed by atoms with Crippen molar-refractivity contribution in [2.75, 3.05) is 0 Å². The lowest BCUT2D eigenvalue weighted by atomic mass is 10.0. The zero-order chi connectivity index (χ0) is 12.4. The summed E-state index contributed by atoms with van der Waals surface area (Å²) in [6.07, 6.45) is 1.62. The largest absolute Gasteiger partial charge is 0.319 e. The smallest absolute Gasteiger partial charge is 0.126 e. The van der Waals surface area contributed by atoms with E-state index in [9.17, 15) is 4.39 Å². The maximum Gasteiger partial charge on any atom is 0.126 e. The molecule has 0 bridgehead atoms. The molecule has 1 unspecified atom stereocenters. The van der Waals surface area contributed by atoms with Crippen LogP contribution in [0.1, 0.15) is 22.9 Å². The van der Waals surface area contributed by atoms with E-state index < -0.39 is 6.04 Å². The van der Waals surface area contributed by atoms with Crippen molar-refractivity contribution < 1.29 is 4.39 Å². The lowest BCUT2D eigenvalue weighted by Gasteiger charge is -2.13. The molecule has 0 saturated carbocycles. The van der Waals surface area contributed by atoms with Gasteiger partial charge in [-0.15, -0.1) is 0 Å². The van der Waals surface area contributed by atoms with Gasteiger partial charge in [-0.25, -0.2) is 4.39 Å². The molecule has 1 aromatic heterocycles. The van der Waals surface area contributed by atoms with Crippen molar-refractivity contribution in [3.63, 3.8) is 0 Å². The van der Waals surface area contributed by atoms with Crippen LogP contribution in [-0.2, 0) is 0 Å². The number of halogens is 2. The third-order valence-electron chi connectivity index (χ3n) is 2.64. The molecule has 1 heterocycles. The van der Waals surface area contributed by atoms with Gasteiger partial charge in [0.1, 0.15) is 5.82 Å². The highest BCUT2D eigenvalue weighted by molar-refractivity contribution is 6.31. The summed E-state index contributed by atoms with van der Waals surface area (Å²) in [5.41, 5.74) is 7.83. The lowest BCUT2D eigenvalue weighted by Crippen LogP contribution is -2.14. The van der Waals surface area contributed by atoms with E-state index in [1.165, 1.54) is 6.07 Å². The van der Waals surface area contributed by atoms with Crippen LogP contribution in [0, 0.1) is 12.7 Å². The molecule has 0 aliphatic carbocycles. The van der Waals surface area contributed by atoms with Crippen molar-refractivity contribution in [3.05, 3.63) is 64.2 Å². The van der Waals surface area contributed by atoms with Gasteiger partial charge in [-0.1, -0.05) is 23.7 Å². The number of nitrogens with two attached hydrogens (primary N) is 1. The van der Waals surface area contributed by atoms with Crippen LogP contribution in [0.15, 0.2) is 36.5 Å². The molecule has 4 heteroatoms. The zero-order valence-corrected chi connectivity index (χ0v) is 10.1. The molecule has 0 aliphatic rings. The fraction of sp³-hybridized carbons (Fsp3) is 0.154. The maximum absolute atomic E-state index is 13.4. The van der Waals surface area contributed by atoms with Gasteiger partial charge in [-0.2, -0.15) is 0 Å². The monoisotopic (exact) mass is 250 g/mol. The third kappa shape index (κ3) is 2.46. The Morgan fingerprint density at radius 1 is 1.35 bits per heavy atom. The van der Waals surface area contributed by atoms with Gasteiger partial charge < -0.3 is 5.73 Å². The highest BCUT2D eigenvalue weighted by atomic mass is 35.5. The second-order valence-corrected chi connectivity index (χ2v) is 4.26. The van der Waals surface area contributed by atoms with Crippen molar-refractivity contribution in [2.45, 2.75) is 13.0 Å². The number of pyridine rings is 1. The van der Waals surface area contributed by atoms with Crippen LogP contribution in [0.5, 0.6) is 0 Å². The first-order chi connectivity index (χ1) is 8.09. The van der Waals surface area contributed by atoms with Gasteiger partial charge >= 0.3 is 0 Å². The van der Waals surface area contributed by atoms with Gasteiger partial charge in [0, 0.05) is 6.20 Å². The van der Waals surface area contributed by atoms with Crippen LogP contribution in [0.2, 0.25) is 5.02 Å². The van der Waals surface area contributed by atoms with E-state index in [0.717, 1.165) is 0 Å². The van der Waals surface area contributed by atoms with Crippen LogP contribution in [-0.4, -0.2) is 4.98 Å². The molecule has 2 nitrogen and oxygen atoms in total. The molecule has 1 aromatic carbocycles. The van der Waals surface area contributed by atoms with Gasteiger partial charge in [0.15, 0.2) is 0 Å². The average molecular weight is 251 g/mol. The standard InChI is InChI=1S/C13H12ClFN2/c1-8-4-5-9(7-11(8)15)12(16)13-10(14)3-2-6-17-13/h2-7,12H,16H2,1H3. The van der Waals surface area contributed by atoms with Crippen LogP contribution in [0.3, 0.4) is 0 Å². The summed E-state index contributed by atoms with van der Waals surface area (Å²) in [5, 5.41) is 0.487. The Hall–Kier alpha value is -1.45. The molecule has 0 amide bonds. The minimum atomic E-state index is -0.515. The molecular formula is C13H12ClFN2. The quantitative estimate of drug-likeness (QED) is 0.889. The minimum Gasteiger partial charge on any atom is -0.319 e. The molecular weight excluding hydrogens is 239 g/mol. The van der Waals surface area contributed by atoms with E-state index in [4.69, 9.17) is 17.3 Å². The summed E-state index contributed by atoms with van der Waals surface area (Å²) in [6, 6.07) is 7.84. The van der Waals surface area contributed by atoms with Crippen molar-refractivity contribution in [1.29, 1.82) is 0 Å². The summed E-state index contributed by atoms with van der Waals surface area (Å²) in [6.45, 7) is 1.71. The first kappa shape index (κ1) is 12.0. The first-order valence-electron chi connectivity index (χ1n) is 5.21. The normalized spacial score (nSPS) is 12.5. The molecule has 0 fully saturated rings. The number of rotatable bonds is 2. The molecule has 0 spiro atoms. The third-order valence-corrected chi connectivity index (χ3v) is 2.96. The fourth-order valence-corrected chi connectivity index (χ4v) is 1.83. The van der Waals surface area contributed by atoms with Crippen molar-refractivity contribution in [3.8, 4) is 0 Å². The fourth-order valence-electron chi connectivity index (χ4n) is 1.59. The maximum atomic E-state index is 13.4. The van der Waals surface area contributed by atoms with Crippen LogP contribution >= 0.6 is 11.6 Å². The number of aromatic nitrogens is 1. The second-order valence-electron chi connectivity index (χ2n) is 3.86. The Bertz CT molecular complexity index is 543. The lowest BCUT2D eigenvalue weighted by molar-refractivity contribution is 0.614. The van der Waals surface area contributed by atoms with Crippen LogP contribution in [0.4, 0.5) is 4.39 Å². The molecule has 0 aliphatic heterocycles. The number of hydrogen-bond acceptors (Lipinski definition) is 2. The topological polar surface area (TPSA) is 38.9 Å². The molecule has 2 aromatic rings. The SMILES string of the molecule is Cc1ccc(C(N)c2ncccc2Cl)cc1F. The van der Waals surface area contributed by atoms with Gasteiger partial charge in [-0.3, -0.25) is 4.98 Å². The Morgan fingerprint density at radius 2 is 2.12 bits per heavy atom. The van der Waals surface area contributed by atoms with E-state index in [-0.39, 0.29) is 5.82 Å². The van der Waals surface area contributed by atoms with E-state index in [1.807, 2.05) is 0 Å². The number of aryl methyl sites for hydroxylation is 1. The van der Waals surface area contributed by atoms with Crippen molar-refractivity contribution in [2.24, 2.45) is 5.73 Å². The molecule has 0 saturated heterocycles. The summed E-state index contributed by atoms with van der Waals surface area (Å²) in [5.74, 6) is -0.273. The van der Waals surface area contributed by atoms with E-state index in [2.05, 4.69) is 4.98 Å². The minimum absolute atomic E-state index is 0.273. The molecule has 17 heavy (non-hydrogen) atoms. The molecule has 88 valence electrons. The second kappa shape index (κ2) is 4.82. The Balaban J connectivity index is 2.40. The van der Waals surface area contributed by atoms with E-state index >= 15 is 0 Å². The van der Waals surface area contributed by atoms with E-state index in [0.29, 0.717) is 21.8 Å². The first-order valence-corrected chi connectivity index (χ1v) is 5.59. The van der Waals surface area contributed by atoms with E-state index in [1.54, 1.807) is 37.4 Å². The highest BCUT2D eigenvalue weighted by Gasteiger charge is 2.14. The van der Waals surface area contributed by atoms with Crippen LogP contribution < -0.4 is 5.73 Å². The Labute approximate surface area is 104 Å². The molecule has 1 atom stereocenters. The summed E-state index contributed by atoms with van der Waals surface area (Å²) >= 11 is 6.00. The highest BCUT2D eigenvalue weighted by Crippen LogP contribution is 2.25. The summed E-state index contributed by atoms with van der Waals surface area (Å²) < 4.78 is 13.4. The Morgan fingerprint density at radius 3 is 2.76 bits per heavy atom. The predicted octanol–water partition coefficient (Wildman–Crippen LogP) is 3.23. The average Bonchev–Trinajstić information content (AvgIpc) is 2.32. The van der Waals surface area contributed by atoms with Gasteiger partial charge in [0.05, 0.1) is 16.8 Å².